The van der Waals surface area contributed by atoms with Gasteiger partial charge in [0, 0.05) is 0 Å². The molecule has 0 unspecified atom stereocenters. The van der Waals surface area contributed by atoms with Gasteiger partial charge >= 0.3 is 0 Å². The first-order valence-electron chi connectivity index (χ1n) is 3.06. The normalized spacial score (nSPS) is 10.1. The van der Waals surface area contributed by atoms with Crippen molar-refractivity contribution in [3.05, 3.63) is 24.8 Å². The van der Waals surface area contributed by atoms with Gasteiger partial charge < -0.3 is 0 Å². The van der Waals surface area contributed by atoms with Crippen LogP contribution in [0.25, 0.3) is 0 Å². The van der Waals surface area contributed by atoms with Crippen molar-refractivity contribution in [2.75, 3.05) is 0 Å². The molecular formula is C8H13. The highest BCUT2D eigenvalue weighted by molar-refractivity contribution is 4.77. The van der Waals surface area contributed by atoms with Crippen LogP contribution in [-0.2, 0) is 0 Å². The van der Waals surface area contributed by atoms with Crippen molar-refractivity contribution in [1.29, 1.82) is 0 Å². The summed E-state index contributed by atoms with van der Waals surface area (Å²) in [5, 5.41) is 0. The van der Waals surface area contributed by atoms with Crippen LogP contribution in [-0.4, -0.2) is 0 Å². The van der Waals surface area contributed by atoms with Crippen molar-refractivity contribution in [2.24, 2.45) is 0 Å². The Kier molecular flexibility index (Phi) is 6.06. The van der Waals surface area contributed by atoms with E-state index >= 15 is 0 Å². The molecule has 0 heterocycles. The summed E-state index contributed by atoms with van der Waals surface area (Å²) in [6, 6.07) is 0. The molecule has 0 fully saturated rings. The average molecular weight is 109 g/mol. The van der Waals surface area contributed by atoms with Crippen LogP contribution in [0.15, 0.2) is 18.2 Å². The van der Waals surface area contributed by atoms with Crippen molar-refractivity contribution < 1.29 is 0 Å². The van der Waals surface area contributed by atoms with Gasteiger partial charge in [0.15, 0.2) is 0 Å². The van der Waals surface area contributed by atoms with Gasteiger partial charge in [-0.25, -0.2) is 0 Å². The topological polar surface area (TPSA) is 0 Å². The zero-order valence-corrected chi connectivity index (χ0v) is 5.43. The first-order valence-corrected chi connectivity index (χ1v) is 3.06. The molecule has 1 radical (unpaired) electrons. The lowest BCUT2D eigenvalue weighted by Gasteiger charge is -1.85. The van der Waals surface area contributed by atoms with Crippen LogP contribution in [0.4, 0.5) is 0 Å². The fraction of sp³-hybridized carbons (Fsp3) is 0.500. The molecule has 0 aliphatic rings. The van der Waals surface area contributed by atoms with Gasteiger partial charge in [0.1, 0.15) is 0 Å². The first-order chi connectivity index (χ1) is 3.91. The molecule has 0 atom stereocenters. The number of hydrogen-bond donors (Lipinski definition) is 0. The largest absolute Gasteiger partial charge is 0.0917 e. The smallest absolute Gasteiger partial charge is 0.0345 e. The summed E-state index contributed by atoms with van der Waals surface area (Å²) in [5.41, 5.74) is 0. The van der Waals surface area contributed by atoms with E-state index in [1.165, 1.54) is 6.42 Å². The summed E-state index contributed by atoms with van der Waals surface area (Å²) in [6.45, 7) is 7.20. The molecule has 0 spiro atoms. The maximum absolute atomic E-state index is 5.16. The van der Waals surface area contributed by atoms with Crippen molar-refractivity contribution in [3.8, 4) is 0 Å². The molecule has 45 valence electrons. The predicted molar refractivity (Wildman–Crippen MR) is 37.5 cm³/mol. The second-order valence-corrected chi connectivity index (χ2v) is 1.74. The van der Waals surface area contributed by atoms with Crippen LogP contribution in [0, 0.1) is 6.58 Å². The molecule has 0 heteroatoms. The van der Waals surface area contributed by atoms with E-state index < -0.39 is 0 Å². The predicted octanol–water partition coefficient (Wildman–Crippen LogP) is 2.72. The molecule has 0 bridgehead atoms. The van der Waals surface area contributed by atoms with E-state index in [9.17, 15) is 0 Å². The number of allylic oxidation sites excluding steroid dienone is 3. The molecule has 0 aromatic carbocycles. The maximum atomic E-state index is 5.16. The average Bonchev–Trinajstić information content (AvgIpc) is 1.81. The van der Waals surface area contributed by atoms with E-state index in [1.54, 1.807) is 6.08 Å². The minimum Gasteiger partial charge on any atom is -0.0917 e. The summed E-state index contributed by atoms with van der Waals surface area (Å²) in [6.07, 6.45) is 9.30. The van der Waals surface area contributed by atoms with Gasteiger partial charge in [-0.2, -0.15) is 0 Å². The molecule has 0 nitrogen and oxygen atoms in total. The van der Waals surface area contributed by atoms with Crippen LogP contribution < -0.4 is 0 Å². The lowest BCUT2D eigenvalue weighted by Crippen LogP contribution is -1.65. The highest BCUT2D eigenvalue weighted by Crippen LogP contribution is 1.95. The fourth-order valence-corrected chi connectivity index (χ4v) is 0.520. The third-order valence-corrected chi connectivity index (χ3v) is 0.977. The zero-order valence-electron chi connectivity index (χ0n) is 5.43. The fourth-order valence-electron chi connectivity index (χ4n) is 0.520. The van der Waals surface area contributed by atoms with Crippen molar-refractivity contribution in [2.45, 2.75) is 26.2 Å². The highest BCUT2D eigenvalue weighted by atomic mass is 13.8. The summed E-state index contributed by atoms with van der Waals surface area (Å²) in [4.78, 5) is 0. The third-order valence-electron chi connectivity index (χ3n) is 0.977. The van der Waals surface area contributed by atoms with Gasteiger partial charge in [-0.3, -0.25) is 0 Å². The van der Waals surface area contributed by atoms with Crippen LogP contribution in [0.3, 0.4) is 0 Å². The number of rotatable bonds is 4. The van der Waals surface area contributed by atoms with Crippen LogP contribution in [0.5, 0.6) is 0 Å². The lowest BCUT2D eigenvalue weighted by atomic mass is 10.2. The molecule has 0 saturated heterocycles. The molecule has 0 aromatic rings. The van der Waals surface area contributed by atoms with E-state index in [4.69, 9.17) is 6.58 Å². The van der Waals surface area contributed by atoms with E-state index in [1.807, 2.05) is 6.92 Å². The van der Waals surface area contributed by atoms with Gasteiger partial charge in [-0.05, 0) is 26.2 Å². The molecule has 0 saturated carbocycles. The van der Waals surface area contributed by atoms with Gasteiger partial charge in [0.25, 0.3) is 0 Å². The Balaban J connectivity index is 2.82. The summed E-state index contributed by atoms with van der Waals surface area (Å²) < 4.78 is 0. The van der Waals surface area contributed by atoms with E-state index in [2.05, 4.69) is 12.2 Å². The molecule has 0 amide bonds. The number of hydrogen-bond acceptors (Lipinski definition) is 0. The second kappa shape index (κ2) is 6.48. The van der Waals surface area contributed by atoms with Gasteiger partial charge in [-0.1, -0.05) is 24.8 Å². The first kappa shape index (κ1) is 7.48. The van der Waals surface area contributed by atoms with Gasteiger partial charge in [-0.15, -0.1) is 0 Å². The molecule has 0 rings (SSSR count). The number of unbranched alkanes of at least 4 members (excludes halogenated alkanes) is 2. The molecule has 0 aliphatic carbocycles. The maximum Gasteiger partial charge on any atom is -0.0345 e. The monoisotopic (exact) mass is 109 g/mol. The minimum atomic E-state index is 1.03. The van der Waals surface area contributed by atoms with Crippen LogP contribution >= 0.6 is 0 Å². The van der Waals surface area contributed by atoms with E-state index in [0.29, 0.717) is 0 Å². The SMILES string of the molecule is [CH]=CCCC/C=C/C. The minimum absolute atomic E-state index is 1.03. The zero-order chi connectivity index (χ0) is 6.24. The summed E-state index contributed by atoms with van der Waals surface area (Å²) >= 11 is 0. The molecular weight excluding hydrogens is 96.1 g/mol. The van der Waals surface area contributed by atoms with Crippen molar-refractivity contribution in [1.82, 2.24) is 0 Å². The third kappa shape index (κ3) is 5.48. The molecule has 0 N–H and O–H groups in total. The molecule has 8 heavy (non-hydrogen) atoms. The Bertz CT molecular complexity index is 70.1. The Hall–Kier alpha value is -0.520. The second-order valence-electron chi connectivity index (χ2n) is 1.74. The summed E-state index contributed by atoms with van der Waals surface area (Å²) in [7, 11) is 0. The molecule has 0 aliphatic heterocycles. The van der Waals surface area contributed by atoms with E-state index in [-0.39, 0.29) is 0 Å². The highest BCUT2D eigenvalue weighted by Gasteiger charge is 1.75. The molecule has 0 aromatic heterocycles. The Morgan fingerprint density at radius 3 is 2.62 bits per heavy atom. The lowest BCUT2D eigenvalue weighted by molar-refractivity contribution is 0.868. The van der Waals surface area contributed by atoms with Crippen LogP contribution in [0.1, 0.15) is 26.2 Å². The Morgan fingerprint density at radius 1 is 1.38 bits per heavy atom. The van der Waals surface area contributed by atoms with Crippen LogP contribution in [0.2, 0.25) is 0 Å². The van der Waals surface area contributed by atoms with Gasteiger partial charge in [0.05, 0.1) is 0 Å². The van der Waals surface area contributed by atoms with Gasteiger partial charge in [0.2, 0.25) is 0 Å². The van der Waals surface area contributed by atoms with E-state index in [0.717, 1.165) is 12.8 Å². The quantitative estimate of drug-likeness (QED) is 0.384. The summed E-state index contributed by atoms with van der Waals surface area (Å²) in [5.74, 6) is 0. The Morgan fingerprint density at radius 2 is 2.12 bits per heavy atom. The standard InChI is InChI=1S/C8H13/c1-3-5-7-8-6-4-2/h1,3-4,6H,5,7-8H2,2H3/b3-1?,6-4+. The Labute approximate surface area is 51.9 Å². The van der Waals surface area contributed by atoms with Crippen molar-refractivity contribution >= 4 is 0 Å². The van der Waals surface area contributed by atoms with Crippen molar-refractivity contribution in [3.63, 3.8) is 0 Å².